The van der Waals surface area contributed by atoms with Crippen LogP contribution in [-0.2, 0) is 6.42 Å². The lowest BCUT2D eigenvalue weighted by Crippen LogP contribution is -1.99. The van der Waals surface area contributed by atoms with Crippen molar-refractivity contribution < 1.29 is 9.53 Å². The van der Waals surface area contributed by atoms with Crippen LogP contribution in [0.1, 0.15) is 35.3 Å². The lowest BCUT2D eigenvalue weighted by molar-refractivity contribution is 0.101. The van der Waals surface area contributed by atoms with Gasteiger partial charge in [0.2, 0.25) is 0 Å². The normalized spacial score (nSPS) is 10.4. The van der Waals surface area contributed by atoms with Gasteiger partial charge in [0, 0.05) is 54.0 Å². The highest BCUT2D eigenvalue weighted by Crippen LogP contribution is 2.29. The van der Waals surface area contributed by atoms with E-state index in [0.29, 0.717) is 11.5 Å². The quantitative estimate of drug-likeness (QED) is 0.433. The summed E-state index contributed by atoms with van der Waals surface area (Å²) in [5, 5.41) is 10.5. The van der Waals surface area contributed by atoms with E-state index in [1.165, 1.54) is 6.21 Å². The van der Waals surface area contributed by atoms with Gasteiger partial charge < -0.3 is 15.5 Å². The summed E-state index contributed by atoms with van der Waals surface area (Å²) < 4.78 is 5.99. The number of Topliss-reactive ketones (excluding diaryl/α,β-unsaturated/α-hetero) is 1. The number of nitrogens with one attached hydrogen (secondary N) is 2. The number of carbonyl (C=O) groups excluding carboxylic acids is 1. The Morgan fingerprint density at radius 2 is 1.93 bits per heavy atom. The number of aromatic nitrogens is 1. The Hall–Kier alpha value is -3.47. The average molecular weight is 373 g/mol. The van der Waals surface area contributed by atoms with Crippen molar-refractivity contribution in [2.75, 3.05) is 12.4 Å². The Morgan fingerprint density at radius 3 is 2.61 bits per heavy atom. The smallest absolute Gasteiger partial charge is 0.160 e. The van der Waals surface area contributed by atoms with E-state index in [2.05, 4.69) is 10.3 Å². The molecule has 3 aromatic rings. The van der Waals surface area contributed by atoms with Crippen LogP contribution in [0.4, 0.5) is 5.69 Å². The molecule has 0 aliphatic heterocycles. The Morgan fingerprint density at radius 1 is 1.14 bits per heavy atom. The van der Waals surface area contributed by atoms with Crippen LogP contribution < -0.4 is 10.1 Å². The maximum Gasteiger partial charge on any atom is 0.160 e. The summed E-state index contributed by atoms with van der Waals surface area (Å²) in [5.74, 6) is 1.42. The van der Waals surface area contributed by atoms with Gasteiger partial charge in [0.1, 0.15) is 11.5 Å². The van der Waals surface area contributed by atoms with Gasteiger partial charge in [-0.2, -0.15) is 0 Å². The van der Waals surface area contributed by atoms with E-state index in [-0.39, 0.29) is 5.78 Å². The van der Waals surface area contributed by atoms with E-state index in [1.807, 2.05) is 56.4 Å². The van der Waals surface area contributed by atoms with E-state index < -0.39 is 0 Å². The fraction of sp³-hybridized carbons (Fsp3) is 0.174. The third-order valence-electron chi connectivity index (χ3n) is 4.58. The van der Waals surface area contributed by atoms with Crippen LogP contribution in [0.15, 0.2) is 54.7 Å². The summed E-state index contributed by atoms with van der Waals surface area (Å²) in [7, 11) is 1.81. The Balaban J connectivity index is 1.91. The predicted octanol–water partition coefficient (Wildman–Crippen LogP) is 5.35. The third kappa shape index (κ3) is 4.09. The highest BCUT2D eigenvalue weighted by molar-refractivity contribution is 5.96. The molecule has 0 saturated heterocycles. The van der Waals surface area contributed by atoms with Crippen molar-refractivity contribution in [2.24, 2.45) is 0 Å². The van der Waals surface area contributed by atoms with Crippen molar-refractivity contribution in [3.8, 4) is 22.8 Å². The molecule has 5 nitrogen and oxygen atoms in total. The van der Waals surface area contributed by atoms with Crippen LogP contribution in [0.3, 0.4) is 0 Å². The largest absolute Gasteiger partial charge is 0.457 e. The van der Waals surface area contributed by atoms with Crippen LogP contribution in [0, 0.1) is 5.41 Å². The topological polar surface area (TPSA) is 75.1 Å². The molecular formula is C23H23N3O2. The number of hydrogen-bond donors (Lipinski definition) is 2. The number of ether oxygens (including phenoxy) is 1. The van der Waals surface area contributed by atoms with Gasteiger partial charge >= 0.3 is 0 Å². The number of carbonyl (C=O) groups is 1. The Labute approximate surface area is 164 Å². The summed E-state index contributed by atoms with van der Waals surface area (Å²) in [5.41, 5.74) is 5.12. The van der Waals surface area contributed by atoms with Crippen LogP contribution in [0.25, 0.3) is 11.3 Å². The lowest BCUT2D eigenvalue weighted by atomic mass is 9.98. The van der Waals surface area contributed by atoms with Crippen molar-refractivity contribution in [2.45, 2.75) is 20.3 Å². The second kappa shape index (κ2) is 8.48. The van der Waals surface area contributed by atoms with Gasteiger partial charge in [-0.15, -0.1) is 0 Å². The van der Waals surface area contributed by atoms with Crippen molar-refractivity contribution in [3.05, 3.63) is 71.4 Å². The Kier molecular flexibility index (Phi) is 5.84. The van der Waals surface area contributed by atoms with Gasteiger partial charge in [0.15, 0.2) is 5.78 Å². The zero-order valence-corrected chi connectivity index (χ0v) is 16.2. The molecule has 0 unspecified atom stereocenters. The molecule has 0 aliphatic rings. The monoisotopic (exact) mass is 373 g/mol. The molecule has 142 valence electrons. The second-order valence-electron chi connectivity index (χ2n) is 6.40. The summed E-state index contributed by atoms with van der Waals surface area (Å²) >= 11 is 0. The minimum Gasteiger partial charge on any atom is -0.457 e. The van der Waals surface area contributed by atoms with Crippen molar-refractivity contribution in [1.29, 1.82) is 5.41 Å². The number of rotatable bonds is 7. The molecule has 0 fully saturated rings. The predicted molar refractivity (Wildman–Crippen MR) is 113 cm³/mol. The summed E-state index contributed by atoms with van der Waals surface area (Å²) in [6, 6.07) is 15.0. The molecule has 0 spiro atoms. The first kappa shape index (κ1) is 19.3. The van der Waals surface area contributed by atoms with Crippen LogP contribution in [0.2, 0.25) is 0 Å². The average Bonchev–Trinajstić information content (AvgIpc) is 2.73. The maximum atomic E-state index is 11.8. The molecule has 0 atom stereocenters. The highest BCUT2D eigenvalue weighted by Gasteiger charge is 2.10. The minimum atomic E-state index is 0.0714. The number of benzene rings is 2. The van der Waals surface area contributed by atoms with Gasteiger partial charge in [-0.3, -0.25) is 9.78 Å². The van der Waals surface area contributed by atoms with Crippen molar-refractivity contribution in [3.63, 3.8) is 0 Å². The molecule has 28 heavy (non-hydrogen) atoms. The molecule has 2 N–H and O–H groups in total. The fourth-order valence-electron chi connectivity index (χ4n) is 3.10. The summed E-state index contributed by atoms with van der Waals surface area (Å²) in [6.07, 6.45) is 3.79. The Bertz CT molecular complexity index is 1030. The molecule has 5 heteroatoms. The molecule has 0 aliphatic carbocycles. The number of aryl methyl sites for hydroxylation is 1. The highest BCUT2D eigenvalue weighted by atomic mass is 16.5. The third-order valence-corrected chi connectivity index (χ3v) is 4.58. The molecule has 0 amide bonds. The molecule has 0 saturated carbocycles. The first-order valence-corrected chi connectivity index (χ1v) is 9.16. The van der Waals surface area contributed by atoms with Crippen molar-refractivity contribution in [1.82, 2.24) is 4.98 Å². The number of hydrogen-bond acceptors (Lipinski definition) is 5. The van der Waals surface area contributed by atoms with Crippen LogP contribution >= 0.6 is 0 Å². The molecule has 3 rings (SSSR count). The molecule has 0 radical (unpaired) electrons. The van der Waals surface area contributed by atoms with Crippen LogP contribution in [0.5, 0.6) is 11.5 Å². The molecule has 1 heterocycles. The first-order valence-electron chi connectivity index (χ1n) is 9.16. The number of nitrogens with zero attached hydrogens (tertiary/aromatic N) is 1. The first-order chi connectivity index (χ1) is 13.5. The van der Waals surface area contributed by atoms with Gasteiger partial charge in [-0.1, -0.05) is 19.1 Å². The van der Waals surface area contributed by atoms with Gasteiger partial charge in [0.05, 0.1) is 5.69 Å². The summed E-state index contributed by atoms with van der Waals surface area (Å²) in [6.45, 7) is 3.62. The number of anilines is 1. The van der Waals surface area contributed by atoms with E-state index >= 15 is 0 Å². The van der Waals surface area contributed by atoms with E-state index in [9.17, 15) is 4.79 Å². The second-order valence-corrected chi connectivity index (χ2v) is 6.40. The fourth-order valence-corrected chi connectivity index (χ4v) is 3.10. The summed E-state index contributed by atoms with van der Waals surface area (Å²) in [4.78, 5) is 16.2. The van der Waals surface area contributed by atoms with Crippen LogP contribution in [-0.4, -0.2) is 24.0 Å². The lowest BCUT2D eigenvalue weighted by Gasteiger charge is -2.11. The zero-order chi connectivity index (χ0) is 20.1. The SMILES string of the molecule is CCc1cc(-c2cc(Oc3ccc(C=N)c(NC)c3)ccn2)ccc1C(C)=O. The maximum absolute atomic E-state index is 11.8. The zero-order valence-electron chi connectivity index (χ0n) is 16.2. The molecule has 1 aromatic heterocycles. The van der Waals surface area contributed by atoms with Crippen molar-refractivity contribution >= 4 is 17.7 Å². The van der Waals surface area contributed by atoms with E-state index in [1.54, 1.807) is 19.2 Å². The number of pyridine rings is 1. The molecule has 0 bridgehead atoms. The van der Waals surface area contributed by atoms with Gasteiger partial charge in [-0.05, 0) is 43.2 Å². The standard InChI is InChI=1S/C23H23N3O2/c1-4-16-11-17(6-8-21(16)15(2)27)23-13-20(9-10-26-23)28-19-7-5-18(14-24)22(12-19)25-3/h5-14,24-25H,4H2,1-3H3. The molecular weight excluding hydrogens is 350 g/mol. The van der Waals surface area contributed by atoms with E-state index in [0.717, 1.165) is 40.1 Å². The van der Waals surface area contributed by atoms with Gasteiger partial charge in [-0.25, -0.2) is 0 Å². The minimum absolute atomic E-state index is 0.0714. The van der Waals surface area contributed by atoms with E-state index in [4.69, 9.17) is 10.1 Å². The number of ketones is 1. The molecule has 2 aromatic carbocycles. The van der Waals surface area contributed by atoms with Gasteiger partial charge in [0.25, 0.3) is 0 Å².